The summed E-state index contributed by atoms with van der Waals surface area (Å²) in [6.45, 7) is 3.57. The monoisotopic (exact) mass is 380 g/mol. The van der Waals surface area contributed by atoms with Gasteiger partial charge in [-0.2, -0.15) is 0 Å². The van der Waals surface area contributed by atoms with E-state index < -0.39 is 6.61 Å². The first-order valence-electron chi connectivity index (χ1n) is 9.94. The number of benzene rings is 2. The number of hydrogen-bond acceptors (Lipinski definition) is 3. The molecule has 1 atom stereocenters. The Morgan fingerprint density at radius 1 is 1.07 bits per heavy atom. The number of carbonyl (C=O) groups excluding carboxylic acids is 2. The van der Waals surface area contributed by atoms with Crippen LogP contribution in [-0.2, 0) is 16.0 Å². The maximum atomic E-state index is 13.2. The standard InChI is InChI=1S/C23H28N2O3/c1-2-12-24-13-14-25(22(27)17-26)16-20(23(24)28)15-19-10-6-7-11-21(19)18-8-4-3-5-9-18/h3-11,20,26H,2,12-17H2,1H3/t20-/m1/s1. The van der Waals surface area contributed by atoms with E-state index in [1.165, 1.54) is 0 Å². The molecule has 1 N–H and O–H groups in total. The molecule has 5 heteroatoms. The van der Waals surface area contributed by atoms with Crippen molar-refractivity contribution in [2.75, 3.05) is 32.8 Å². The SMILES string of the molecule is CCCN1CCN(C(=O)CO)C[C@@H](Cc2ccccc2-c2ccccc2)C1=O. The number of aliphatic hydroxyl groups is 1. The normalized spacial score (nSPS) is 17.5. The van der Waals surface area contributed by atoms with Crippen molar-refractivity contribution in [2.45, 2.75) is 19.8 Å². The minimum absolute atomic E-state index is 0.0953. The second-order valence-corrected chi connectivity index (χ2v) is 7.25. The van der Waals surface area contributed by atoms with Gasteiger partial charge < -0.3 is 14.9 Å². The molecule has 1 aliphatic rings. The van der Waals surface area contributed by atoms with E-state index in [0.717, 1.165) is 23.1 Å². The Labute approximate surface area is 166 Å². The van der Waals surface area contributed by atoms with Gasteiger partial charge in [-0.05, 0) is 29.5 Å². The lowest BCUT2D eigenvalue weighted by Gasteiger charge is -2.24. The molecule has 2 amide bonds. The third-order valence-corrected chi connectivity index (χ3v) is 5.29. The van der Waals surface area contributed by atoms with Crippen LogP contribution in [0, 0.1) is 5.92 Å². The van der Waals surface area contributed by atoms with Gasteiger partial charge in [0.2, 0.25) is 11.8 Å². The summed E-state index contributed by atoms with van der Waals surface area (Å²) in [5.41, 5.74) is 3.33. The van der Waals surface area contributed by atoms with Crippen LogP contribution in [-0.4, -0.2) is 59.5 Å². The Hall–Kier alpha value is -2.66. The van der Waals surface area contributed by atoms with Gasteiger partial charge in [0, 0.05) is 26.2 Å². The molecule has 148 valence electrons. The molecule has 5 nitrogen and oxygen atoms in total. The van der Waals surface area contributed by atoms with Crippen LogP contribution in [0.15, 0.2) is 54.6 Å². The minimum Gasteiger partial charge on any atom is -0.387 e. The van der Waals surface area contributed by atoms with Gasteiger partial charge in [0.15, 0.2) is 0 Å². The van der Waals surface area contributed by atoms with Crippen LogP contribution >= 0.6 is 0 Å². The van der Waals surface area contributed by atoms with Crippen LogP contribution in [0.3, 0.4) is 0 Å². The summed E-state index contributed by atoms with van der Waals surface area (Å²) in [7, 11) is 0. The number of carbonyl (C=O) groups is 2. The first-order chi connectivity index (χ1) is 13.6. The lowest BCUT2D eigenvalue weighted by atomic mass is 9.91. The molecule has 0 aliphatic carbocycles. The first-order valence-corrected chi connectivity index (χ1v) is 9.94. The highest BCUT2D eigenvalue weighted by Gasteiger charge is 2.32. The van der Waals surface area contributed by atoms with Gasteiger partial charge in [0.1, 0.15) is 6.61 Å². The van der Waals surface area contributed by atoms with Crippen LogP contribution in [0.25, 0.3) is 11.1 Å². The van der Waals surface area contributed by atoms with Gasteiger partial charge in [0.25, 0.3) is 0 Å². The molecule has 3 rings (SSSR count). The molecule has 1 saturated heterocycles. The highest BCUT2D eigenvalue weighted by atomic mass is 16.3. The molecule has 0 unspecified atom stereocenters. The highest BCUT2D eigenvalue weighted by Crippen LogP contribution is 2.27. The van der Waals surface area contributed by atoms with Crippen molar-refractivity contribution in [3.8, 4) is 11.1 Å². The summed E-state index contributed by atoms with van der Waals surface area (Å²) in [4.78, 5) is 28.8. The molecule has 2 aromatic rings. The molecule has 1 aliphatic heterocycles. The van der Waals surface area contributed by atoms with Gasteiger partial charge in [0.05, 0.1) is 5.92 Å². The number of rotatable bonds is 6. The third kappa shape index (κ3) is 4.60. The van der Waals surface area contributed by atoms with Crippen molar-refractivity contribution in [2.24, 2.45) is 5.92 Å². The molecular formula is C23H28N2O3. The molecular weight excluding hydrogens is 352 g/mol. The zero-order valence-corrected chi connectivity index (χ0v) is 16.4. The van der Waals surface area contributed by atoms with Crippen molar-refractivity contribution >= 4 is 11.8 Å². The minimum atomic E-state index is -0.519. The number of hydrogen-bond donors (Lipinski definition) is 1. The summed E-state index contributed by atoms with van der Waals surface area (Å²) in [5.74, 6) is -0.528. The van der Waals surface area contributed by atoms with Crippen molar-refractivity contribution in [1.29, 1.82) is 0 Å². The lowest BCUT2D eigenvalue weighted by Crippen LogP contribution is -2.39. The highest BCUT2D eigenvalue weighted by molar-refractivity contribution is 5.83. The van der Waals surface area contributed by atoms with Crippen molar-refractivity contribution < 1.29 is 14.7 Å². The summed E-state index contributed by atoms with van der Waals surface area (Å²) in [6.07, 6.45) is 1.45. The van der Waals surface area contributed by atoms with Crippen LogP contribution < -0.4 is 0 Å². The fourth-order valence-electron chi connectivity index (χ4n) is 3.88. The molecule has 1 fully saturated rings. The van der Waals surface area contributed by atoms with E-state index in [2.05, 4.69) is 31.2 Å². The molecule has 0 spiro atoms. The summed E-state index contributed by atoms with van der Waals surface area (Å²) in [6, 6.07) is 18.3. The predicted octanol–water partition coefficient (Wildman–Crippen LogP) is 2.59. The lowest BCUT2D eigenvalue weighted by molar-refractivity contribution is -0.135. The number of amides is 2. The molecule has 0 aromatic heterocycles. The van der Waals surface area contributed by atoms with E-state index in [9.17, 15) is 14.7 Å². The van der Waals surface area contributed by atoms with Crippen LogP contribution in [0.1, 0.15) is 18.9 Å². The van der Waals surface area contributed by atoms with Gasteiger partial charge in [-0.3, -0.25) is 9.59 Å². The van der Waals surface area contributed by atoms with E-state index in [1.807, 2.05) is 35.2 Å². The molecule has 1 heterocycles. The average molecular weight is 380 g/mol. The molecule has 2 aromatic carbocycles. The Kier molecular flexibility index (Phi) is 6.82. The maximum Gasteiger partial charge on any atom is 0.248 e. The second kappa shape index (κ2) is 9.51. The topological polar surface area (TPSA) is 60.9 Å². The Bertz CT molecular complexity index is 807. The fourth-order valence-corrected chi connectivity index (χ4v) is 3.88. The van der Waals surface area contributed by atoms with Gasteiger partial charge >= 0.3 is 0 Å². The summed E-state index contributed by atoms with van der Waals surface area (Å²) < 4.78 is 0. The second-order valence-electron chi connectivity index (χ2n) is 7.25. The average Bonchev–Trinajstić information content (AvgIpc) is 2.89. The van der Waals surface area contributed by atoms with Crippen molar-refractivity contribution in [3.63, 3.8) is 0 Å². The van der Waals surface area contributed by atoms with E-state index in [0.29, 0.717) is 32.6 Å². The van der Waals surface area contributed by atoms with Crippen molar-refractivity contribution in [1.82, 2.24) is 9.80 Å². The fraction of sp³-hybridized carbons (Fsp3) is 0.391. The summed E-state index contributed by atoms with van der Waals surface area (Å²) >= 11 is 0. The molecule has 0 bridgehead atoms. The van der Waals surface area contributed by atoms with E-state index in [-0.39, 0.29) is 17.7 Å². The largest absolute Gasteiger partial charge is 0.387 e. The van der Waals surface area contributed by atoms with E-state index in [1.54, 1.807) is 4.90 Å². The summed E-state index contributed by atoms with van der Waals surface area (Å²) in [5, 5.41) is 9.29. The zero-order chi connectivity index (χ0) is 19.9. The van der Waals surface area contributed by atoms with Crippen LogP contribution in [0.5, 0.6) is 0 Å². The van der Waals surface area contributed by atoms with Gasteiger partial charge in [-0.25, -0.2) is 0 Å². The smallest absolute Gasteiger partial charge is 0.248 e. The van der Waals surface area contributed by atoms with Gasteiger partial charge in [-0.15, -0.1) is 0 Å². The number of aliphatic hydroxyl groups excluding tert-OH is 1. The van der Waals surface area contributed by atoms with Crippen LogP contribution in [0.4, 0.5) is 0 Å². The zero-order valence-electron chi connectivity index (χ0n) is 16.4. The molecule has 28 heavy (non-hydrogen) atoms. The van der Waals surface area contributed by atoms with Gasteiger partial charge in [-0.1, -0.05) is 61.5 Å². The number of nitrogens with zero attached hydrogens (tertiary/aromatic N) is 2. The molecule has 0 saturated carbocycles. The Morgan fingerprint density at radius 2 is 1.79 bits per heavy atom. The maximum absolute atomic E-state index is 13.2. The Balaban J connectivity index is 1.90. The van der Waals surface area contributed by atoms with Crippen molar-refractivity contribution in [3.05, 3.63) is 60.2 Å². The van der Waals surface area contributed by atoms with Crippen LogP contribution in [0.2, 0.25) is 0 Å². The first kappa shape index (κ1) is 20.1. The Morgan fingerprint density at radius 3 is 2.50 bits per heavy atom. The predicted molar refractivity (Wildman–Crippen MR) is 110 cm³/mol. The third-order valence-electron chi connectivity index (χ3n) is 5.29. The quantitative estimate of drug-likeness (QED) is 0.838. The van der Waals surface area contributed by atoms with E-state index in [4.69, 9.17) is 0 Å². The molecule has 0 radical (unpaired) electrons. The van der Waals surface area contributed by atoms with E-state index >= 15 is 0 Å².